The molecule has 0 spiro atoms. The predicted octanol–water partition coefficient (Wildman–Crippen LogP) is 3.02. The van der Waals surface area contributed by atoms with Crippen LogP contribution in [0.2, 0.25) is 0 Å². The molecule has 0 fully saturated rings. The number of imidazole rings is 1. The summed E-state index contributed by atoms with van der Waals surface area (Å²) in [6.45, 7) is 0. The molecule has 0 saturated heterocycles. The molecule has 0 bridgehead atoms. The number of benzene rings is 2. The first-order chi connectivity index (χ1) is 9.34. The van der Waals surface area contributed by atoms with E-state index in [2.05, 4.69) is 15.5 Å². The molecule has 19 heavy (non-hydrogen) atoms. The molecule has 94 valence electrons. The zero-order valence-electron chi connectivity index (χ0n) is 10.6. The first-order valence-electron chi connectivity index (χ1n) is 6.10. The Hall–Kier alpha value is -2.62. The molecule has 3 aromatic rings. The van der Waals surface area contributed by atoms with Crippen molar-refractivity contribution >= 4 is 23.2 Å². The van der Waals surface area contributed by atoms with Gasteiger partial charge in [0.1, 0.15) is 0 Å². The lowest BCUT2D eigenvalue weighted by molar-refractivity contribution is 0.943. The van der Waals surface area contributed by atoms with E-state index in [0.717, 1.165) is 22.5 Å². The third-order valence-electron chi connectivity index (χ3n) is 2.96. The van der Waals surface area contributed by atoms with Crippen molar-refractivity contribution in [3.05, 3.63) is 60.2 Å². The highest BCUT2D eigenvalue weighted by Crippen LogP contribution is 2.17. The lowest BCUT2D eigenvalue weighted by Gasteiger charge is -2.00. The van der Waals surface area contributed by atoms with Crippen LogP contribution in [-0.4, -0.2) is 15.8 Å². The number of hydrazone groups is 1. The molecule has 3 rings (SSSR count). The van der Waals surface area contributed by atoms with Crippen LogP contribution in [0.25, 0.3) is 11.0 Å². The fourth-order valence-electron chi connectivity index (χ4n) is 1.95. The highest BCUT2D eigenvalue weighted by atomic mass is 15.4. The van der Waals surface area contributed by atoms with E-state index in [1.54, 1.807) is 6.21 Å². The van der Waals surface area contributed by atoms with Gasteiger partial charge in [0.05, 0.1) is 17.2 Å². The fraction of sp³-hybridized carbons (Fsp3) is 0.0667. The van der Waals surface area contributed by atoms with Gasteiger partial charge in [0.25, 0.3) is 0 Å². The van der Waals surface area contributed by atoms with Crippen LogP contribution in [0.5, 0.6) is 0 Å². The summed E-state index contributed by atoms with van der Waals surface area (Å²) in [7, 11) is 1.97. The lowest BCUT2D eigenvalue weighted by Crippen LogP contribution is -1.98. The third kappa shape index (κ3) is 2.33. The van der Waals surface area contributed by atoms with Gasteiger partial charge in [0.2, 0.25) is 5.95 Å². The van der Waals surface area contributed by atoms with Gasteiger partial charge in [0.15, 0.2) is 0 Å². The number of nitrogens with zero attached hydrogens (tertiary/aromatic N) is 3. The number of fused-ring (bicyclic) bond motifs is 1. The highest BCUT2D eigenvalue weighted by Gasteiger charge is 2.04. The molecule has 0 amide bonds. The van der Waals surface area contributed by atoms with E-state index in [0.29, 0.717) is 0 Å². The Morgan fingerprint density at radius 2 is 1.79 bits per heavy atom. The molecule has 0 atom stereocenters. The first-order valence-corrected chi connectivity index (χ1v) is 6.10. The van der Waals surface area contributed by atoms with E-state index in [1.165, 1.54) is 0 Å². The van der Waals surface area contributed by atoms with Crippen molar-refractivity contribution in [1.82, 2.24) is 9.55 Å². The quantitative estimate of drug-likeness (QED) is 0.573. The lowest BCUT2D eigenvalue weighted by atomic mass is 10.2. The summed E-state index contributed by atoms with van der Waals surface area (Å²) < 4.78 is 1.98. The highest BCUT2D eigenvalue weighted by molar-refractivity contribution is 5.81. The van der Waals surface area contributed by atoms with Crippen LogP contribution >= 0.6 is 0 Å². The van der Waals surface area contributed by atoms with Crippen molar-refractivity contribution in [2.24, 2.45) is 12.1 Å². The minimum Gasteiger partial charge on any atom is -0.312 e. The van der Waals surface area contributed by atoms with Gasteiger partial charge < -0.3 is 4.57 Å². The van der Waals surface area contributed by atoms with Crippen LogP contribution in [-0.2, 0) is 7.05 Å². The Morgan fingerprint density at radius 3 is 2.58 bits per heavy atom. The molecule has 1 aromatic heterocycles. The van der Waals surface area contributed by atoms with Gasteiger partial charge in [-0.05, 0) is 17.7 Å². The zero-order valence-corrected chi connectivity index (χ0v) is 10.6. The smallest absolute Gasteiger partial charge is 0.224 e. The van der Waals surface area contributed by atoms with Crippen LogP contribution < -0.4 is 5.43 Å². The average molecular weight is 250 g/mol. The van der Waals surface area contributed by atoms with E-state index < -0.39 is 0 Å². The number of hydrogen-bond acceptors (Lipinski definition) is 3. The van der Waals surface area contributed by atoms with Gasteiger partial charge >= 0.3 is 0 Å². The molecular weight excluding hydrogens is 236 g/mol. The second-order valence-corrected chi connectivity index (χ2v) is 4.26. The second-order valence-electron chi connectivity index (χ2n) is 4.26. The number of anilines is 1. The number of rotatable bonds is 3. The molecule has 2 aromatic carbocycles. The van der Waals surface area contributed by atoms with Crippen LogP contribution in [0.1, 0.15) is 5.56 Å². The number of para-hydroxylation sites is 2. The minimum absolute atomic E-state index is 0.730. The summed E-state index contributed by atoms with van der Waals surface area (Å²) in [6, 6.07) is 18.0. The molecule has 4 nitrogen and oxygen atoms in total. The summed E-state index contributed by atoms with van der Waals surface area (Å²) in [5.41, 5.74) is 6.07. The molecule has 0 unspecified atom stereocenters. The van der Waals surface area contributed by atoms with Crippen LogP contribution in [0.4, 0.5) is 5.95 Å². The molecular formula is C15H14N4. The molecule has 4 heteroatoms. The molecule has 0 radical (unpaired) electrons. The summed E-state index contributed by atoms with van der Waals surface area (Å²) in [5, 5.41) is 4.21. The molecule has 0 aliphatic heterocycles. The van der Waals surface area contributed by atoms with Crippen LogP contribution in [0, 0.1) is 0 Å². The summed E-state index contributed by atoms with van der Waals surface area (Å²) in [4.78, 5) is 4.48. The van der Waals surface area contributed by atoms with E-state index in [-0.39, 0.29) is 0 Å². The average Bonchev–Trinajstić information content (AvgIpc) is 2.78. The predicted molar refractivity (Wildman–Crippen MR) is 78.4 cm³/mol. The Morgan fingerprint density at radius 1 is 1.05 bits per heavy atom. The van der Waals surface area contributed by atoms with Crippen molar-refractivity contribution in [3.8, 4) is 0 Å². The van der Waals surface area contributed by atoms with Gasteiger partial charge in [-0.3, -0.25) is 0 Å². The Labute approximate surface area is 111 Å². The normalized spacial score (nSPS) is 11.2. The van der Waals surface area contributed by atoms with E-state index in [9.17, 15) is 0 Å². The van der Waals surface area contributed by atoms with E-state index >= 15 is 0 Å². The number of hydrogen-bond donors (Lipinski definition) is 1. The van der Waals surface area contributed by atoms with Gasteiger partial charge in [-0.15, -0.1) is 0 Å². The van der Waals surface area contributed by atoms with Crippen molar-refractivity contribution in [3.63, 3.8) is 0 Å². The Balaban J connectivity index is 1.82. The first kappa shape index (κ1) is 11.5. The maximum absolute atomic E-state index is 4.48. The largest absolute Gasteiger partial charge is 0.312 e. The zero-order chi connectivity index (χ0) is 13.1. The van der Waals surface area contributed by atoms with Crippen molar-refractivity contribution in [1.29, 1.82) is 0 Å². The van der Waals surface area contributed by atoms with Gasteiger partial charge in [-0.25, -0.2) is 10.4 Å². The van der Waals surface area contributed by atoms with Crippen molar-refractivity contribution in [2.45, 2.75) is 0 Å². The molecule has 0 aliphatic rings. The Kier molecular flexibility index (Phi) is 2.98. The minimum atomic E-state index is 0.730. The molecule has 0 saturated carbocycles. The van der Waals surface area contributed by atoms with Gasteiger partial charge in [-0.2, -0.15) is 5.10 Å². The molecule has 1 N–H and O–H groups in total. The van der Waals surface area contributed by atoms with E-state index in [4.69, 9.17) is 0 Å². The van der Waals surface area contributed by atoms with Crippen molar-refractivity contribution < 1.29 is 0 Å². The summed E-state index contributed by atoms with van der Waals surface area (Å²) in [5.74, 6) is 0.730. The third-order valence-corrected chi connectivity index (χ3v) is 2.96. The summed E-state index contributed by atoms with van der Waals surface area (Å²) >= 11 is 0. The SMILES string of the molecule is Cn1c(N/N=C/c2ccccc2)nc2ccccc21. The molecule has 1 heterocycles. The Bertz CT molecular complexity index is 713. The fourth-order valence-corrected chi connectivity index (χ4v) is 1.95. The van der Waals surface area contributed by atoms with E-state index in [1.807, 2.05) is 66.2 Å². The molecule has 0 aliphatic carbocycles. The van der Waals surface area contributed by atoms with Crippen molar-refractivity contribution in [2.75, 3.05) is 5.43 Å². The number of nitrogens with one attached hydrogen (secondary N) is 1. The number of aromatic nitrogens is 2. The topological polar surface area (TPSA) is 42.2 Å². The summed E-state index contributed by atoms with van der Waals surface area (Å²) in [6.07, 6.45) is 1.78. The maximum Gasteiger partial charge on any atom is 0.224 e. The van der Waals surface area contributed by atoms with Crippen LogP contribution in [0.3, 0.4) is 0 Å². The monoisotopic (exact) mass is 250 g/mol. The van der Waals surface area contributed by atoms with Gasteiger partial charge in [-0.1, -0.05) is 42.5 Å². The van der Waals surface area contributed by atoms with Crippen LogP contribution in [0.15, 0.2) is 59.7 Å². The maximum atomic E-state index is 4.48. The number of aryl methyl sites for hydroxylation is 1. The second kappa shape index (κ2) is 4.94. The standard InChI is InChI=1S/C15H14N4/c1-19-14-10-6-5-9-13(14)17-15(19)18-16-11-12-7-3-2-4-8-12/h2-11H,1H3,(H,17,18)/b16-11+. The van der Waals surface area contributed by atoms with Gasteiger partial charge in [0, 0.05) is 7.05 Å².